The van der Waals surface area contributed by atoms with Crippen LogP contribution in [0.15, 0.2) is 12.1 Å². The lowest BCUT2D eigenvalue weighted by atomic mass is 10.0. The van der Waals surface area contributed by atoms with Gasteiger partial charge >= 0.3 is 0 Å². The first-order chi connectivity index (χ1) is 5.15. The quantitative estimate of drug-likeness (QED) is 0.667. The predicted molar refractivity (Wildman–Crippen MR) is 52.7 cm³/mol. The Bertz CT molecular complexity index is 241. The second kappa shape index (κ2) is 3.40. The Balaban J connectivity index is 3.25. The van der Waals surface area contributed by atoms with Crippen LogP contribution >= 0.6 is 15.9 Å². The smallest absolute Gasteiger partial charge is 0.0566 e. The molecule has 58 valence electrons. The van der Waals surface area contributed by atoms with Gasteiger partial charge in [-0.3, -0.25) is 0 Å². The van der Waals surface area contributed by atoms with E-state index in [0.29, 0.717) is 0 Å². The van der Waals surface area contributed by atoms with Crippen LogP contribution in [0.1, 0.15) is 22.3 Å². The van der Waals surface area contributed by atoms with Crippen molar-refractivity contribution < 1.29 is 0 Å². The van der Waals surface area contributed by atoms with Crippen molar-refractivity contribution in [2.75, 3.05) is 0 Å². The lowest BCUT2D eigenvalue weighted by Crippen LogP contribution is -1.89. The SMILES string of the molecule is [CH2]c1cc(C)c([CH]Br)c(C)c1. The first kappa shape index (κ1) is 8.79. The van der Waals surface area contributed by atoms with Crippen LogP contribution < -0.4 is 0 Å². The monoisotopic (exact) mass is 210 g/mol. The van der Waals surface area contributed by atoms with Crippen LogP contribution in [0.25, 0.3) is 0 Å². The second-order valence-corrected chi connectivity index (χ2v) is 3.21. The van der Waals surface area contributed by atoms with E-state index in [0.717, 1.165) is 5.56 Å². The van der Waals surface area contributed by atoms with Crippen molar-refractivity contribution in [1.29, 1.82) is 0 Å². The number of halogens is 1. The molecule has 1 aromatic carbocycles. The fourth-order valence-corrected chi connectivity index (χ4v) is 1.96. The summed E-state index contributed by atoms with van der Waals surface area (Å²) >= 11 is 3.34. The molecule has 0 aliphatic carbocycles. The summed E-state index contributed by atoms with van der Waals surface area (Å²) in [5.74, 6) is 0. The van der Waals surface area contributed by atoms with Gasteiger partial charge in [-0.1, -0.05) is 28.1 Å². The van der Waals surface area contributed by atoms with Crippen LogP contribution in [0.4, 0.5) is 0 Å². The van der Waals surface area contributed by atoms with Crippen LogP contribution in [0, 0.1) is 26.1 Å². The molecule has 1 heteroatoms. The molecule has 0 unspecified atom stereocenters. The zero-order valence-corrected chi connectivity index (χ0v) is 8.40. The molecule has 1 aromatic rings. The van der Waals surface area contributed by atoms with Gasteiger partial charge in [0.2, 0.25) is 0 Å². The molecule has 0 heterocycles. The minimum atomic E-state index is 1.08. The Hall–Kier alpha value is -0.300. The van der Waals surface area contributed by atoms with E-state index in [1.54, 1.807) is 0 Å². The molecule has 0 saturated carbocycles. The maximum Gasteiger partial charge on any atom is 0.0566 e. The Morgan fingerprint density at radius 2 is 1.73 bits per heavy atom. The number of hydrogen-bond acceptors (Lipinski definition) is 0. The van der Waals surface area contributed by atoms with E-state index in [1.807, 2.05) is 5.33 Å². The normalized spacial score (nSPS) is 10.2. The highest BCUT2D eigenvalue weighted by Crippen LogP contribution is 2.19. The van der Waals surface area contributed by atoms with Crippen LogP contribution in [0.5, 0.6) is 0 Å². The maximum atomic E-state index is 3.89. The number of benzene rings is 1. The van der Waals surface area contributed by atoms with Gasteiger partial charge in [0.15, 0.2) is 0 Å². The molecular weight excluding hydrogens is 200 g/mol. The van der Waals surface area contributed by atoms with Gasteiger partial charge in [0.05, 0.1) is 5.33 Å². The van der Waals surface area contributed by atoms with E-state index in [-0.39, 0.29) is 0 Å². The van der Waals surface area contributed by atoms with Crippen molar-refractivity contribution in [2.24, 2.45) is 0 Å². The highest BCUT2D eigenvalue weighted by molar-refractivity contribution is 9.10. The zero-order valence-electron chi connectivity index (χ0n) is 6.82. The third kappa shape index (κ3) is 1.84. The van der Waals surface area contributed by atoms with Gasteiger partial charge in [-0.25, -0.2) is 0 Å². The molecule has 0 spiro atoms. The summed E-state index contributed by atoms with van der Waals surface area (Å²) in [6.45, 7) is 8.07. The molecule has 0 nitrogen and oxygen atoms in total. The molecule has 1 rings (SSSR count). The molecule has 0 fully saturated rings. The fraction of sp³-hybridized carbons (Fsp3) is 0.200. The zero-order chi connectivity index (χ0) is 8.43. The van der Waals surface area contributed by atoms with Crippen LogP contribution in [-0.2, 0) is 0 Å². The molecule has 0 aliphatic heterocycles. The largest absolute Gasteiger partial charge is 0.0823 e. The minimum absolute atomic E-state index is 1.08. The lowest BCUT2D eigenvalue weighted by Gasteiger charge is -2.06. The Morgan fingerprint density at radius 3 is 2.09 bits per heavy atom. The maximum absolute atomic E-state index is 3.89. The number of aryl methyl sites for hydroxylation is 2. The molecule has 0 aliphatic rings. The Labute approximate surface area is 76.8 Å². The molecule has 0 aromatic heterocycles. The summed E-state index contributed by atoms with van der Waals surface area (Å²) in [6, 6.07) is 4.17. The summed E-state index contributed by atoms with van der Waals surface area (Å²) in [5, 5.41) is 1.96. The first-order valence-corrected chi connectivity index (χ1v) is 4.43. The molecule has 0 bridgehead atoms. The third-order valence-electron chi connectivity index (χ3n) is 1.76. The van der Waals surface area contributed by atoms with E-state index >= 15 is 0 Å². The number of hydrogen-bond donors (Lipinski definition) is 0. The van der Waals surface area contributed by atoms with Gasteiger partial charge in [0.1, 0.15) is 0 Å². The van der Waals surface area contributed by atoms with Gasteiger partial charge < -0.3 is 0 Å². The summed E-state index contributed by atoms with van der Waals surface area (Å²) in [5.41, 5.74) is 4.88. The van der Waals surface area contributed by atoms with Crippen molar-refractivity contribution in [2.45, 2.75) is 13.8 Å². The van der Waals surface area contributed by atoms with E-state index in [1.165, 1.54) is 16.7 Å². The standard InChI is InChI=1S/C10H11Br/c1-7-4-8(2)10(6-11)9(3)5-7/h4-6H,1H2,2-3H3. The third-order valence-corrected chi connectivity index (χ3v) is 2.22. The van der Waals surface area contributed by atoms with Crippen LogP contribution in [0.3, 0.4) is 0 Å². The van der Waals surface area contributed by atoms with E-state index in [2.05, 4.69) is 48.8 Å². The average Bonchev–Trinajstić information content (AvgIpc) is 1.85. The Kier molecular flexibility index (Phi) is 2.72. The number of rotatable bonds is 1. The fourth-order valence-electron chi connectivity index (χ4n) is 1.24. The molecule has 2 radical (unpaired) electrons. The molecular formula is C10H11Br. The molecule has 0 amide bonds. The van der Waals surface area contributed by atoms with Gasteiger partial charge in [0, 0.05) is 0 Å². The molecule has 0 atom stereocenters. The van der Waals surface area contributed by atoms with Crippen LogP contribution in [-0.4, -0.2) is 0 Å². The summed E-state index contributed by atoms with van der Waals surface area (Å²) in [4.78, 5) is 0. The summed E-state index contributed by atoms with van der Waals surface area (Å²) in [7, 11) is 0. The van der Waals surface area contributed by atoms with Crippen molar-refractivity contribution >= 4 is 15.9 Å². The minimum Gasteiger partial charge on any atom is -0.0823 e. The average molecular weight is 211 g/mol. The predicted octanol–water partition coefficient (Wildman–Crippen LogP) is 3.39. The van der Waals surface area contributed by atoms with Crippen LogP contribution in [0.2, 0.25) is 0 Å². The highest BCUT2D eigenvalue weighted by atomic mass is 79.9. The van der Waals surface area contributed by atoms with Gasteiger partial charge in [-0.2, -0.15) is 0 Å². The van der Waals surface area contributed by atoms with Gasteiger partial charge in [0.25, 0.3) is 0 Å². The van der Waals surface area contributed by atoms with Gasteiger partial charge in [-0.15, -0.1) is 0 Å². The molecule has 0 saturated heterocycles. The first-order valence-electron chi connectivity index (χ1n) is 3.52. The second-order valence-electron chi connectivity index (χ2n) is 2.75. The van der Waals surface area contributed by atoms with Crippen molar-refractivity contribution in [3.8, 4) is 0 Å². The molecule has 11 heavy (non-hydrogen) atoms. The van der Waals surface area contributed by atoms with Crippen molar-refractivity contribution in [3.05, 3.63) is 46.6 Å². The van der Waals surface area contributed by atoms with E-state index in [4.69, 9.17) is 0 Å². The van der Waals surface area contributed by atoms with E-state index in [9.17, 15) is 0 Å². The highest BCUT2D eigenvalue weighted by Gasteiger charge is 2.00. The lowest BCUT2D eigenvalue weighted by molar-refractivity contribution is 1.31. The summed E-state index contributed by atoms with van der Waals surface area (Å²) in [6.07, 6.45) is 0. The van der Waals surface area contributed by atoms with E-state index < -0.39 is 0 Å². The molecule has 0 N–H and O–H groups in total. The van der Waals surface area contributed by atoms with Gasteiger partial charge in [-0.05, 0) is 43.0 Å². The topological polar surface area (TPSA) is 0 Å². The van der Waals surface area contributed by atoms with Crippen molar-refractivity contribution in [1.82, 2.24) is 0 Å². The summed E-state index contributed by atoms with van der Waals surface area (Å²) < 4.78 is 0. The Morgan fingerprint density at radius 1 is 1.27 bits per heavy atom. The van der Waals surface area contributed by atoms with Crippen molar-refractivity contribution in [3.63, 3.8) is 0 Å².